The molecular weight excluding hydrogens is 408 g/mol. The number of halogens is 3. The summed E-state index contributed by atoms with van der Waals surface area (Å²) in [7, 11) is 0. The summed E-state index contributed by atoms with van der Waals surface area (Å²) < 4.78 is 27.0. The topological polar surface area (TPSA) is 54.0 Å². The first kappa shape index (κ1) is 19.8. The quantitative estimate of drug-likeness (QED) is 0.381. The minimum atomic E-state index is -0.868. The van der Waals surface area contributed by atoms with Crippen LogP contribution in [0.2, 0.25) is 5.02 Å². The average molecular weight is 424 g/mol. The smallest absolute Gasteiger partial charge is 0.306 e. The van der Waals surface area contributed by atoms with Gasteiger partial charge in [0.1, 0.15) is 11.6 Å². The van der Waals surface area contributed by atoms with Gasteiger partial charge in [-0.15, -0.1) is 0 Å². The number of anilines is 2. The fraction of sp³-hybridized carbons (Fsp3) is 0.0435. The number of hydrogen-bond donors (Lipinski definition) is 2. The van der Waals surface area contributed by atoms with Gasteiger partial charge in [0.05, 0.1) is 28.1 Å². The summed E-state index contributed by atoms with van der Waals surface area (Å²) in [5.74, 6) is -1.59. The van der Waals surface area contributed by atoms with Gasteiger partial charge >= 0.3 is 6.03 Å². The first-order valence-electron chi connectivity index (χ1n) is 9.10. The predicted molar refractivity (Wildman–Crippen MR) is 116 cm³/mol. The number of nitrogens with zero attached hydrogens (tertiary/aromatic N) is 1. The summed E-state index contributed by atoms with van der Waals surface area (Å²) in [6.07, 6.45) is 1.51. The molecular formula is C23H16ClF2N3O. The molecule has 2 N–H and O–H groups in total. The number of aryl methyl sites for hydroxylation is 1. The fourth-order valence-electron chi connectivity index (χ4n) is 3.29. The van der Waals surface area contributed by atoms with E-state index >= 15 is 0 Å². The Kier molecular flexibility index (Phi) is 5.33. The molecule has 0 atom stereocenters. The lowest BCUT2D eigenvalue weighted by atomic mass is 9.96. The molecule has 1 aromatic heterocycles. The minimum absolute atomic E-state index is 0.136. The van der Waals surface area contributed by atoms with E-state index in [1.165, 1.54) is 6.20 Å². The molecule has 0 spiro atoms. The number of urea groups is 1. The van der Waals surface area contributed by atoms with Gasteiger partial charge in [-0.05, 0) is 36.2 Å². The molecule has 0 bridgehead atoms. The summed E-state index contributed by atoms with van der Waals surface area (Å²) in [4.78, 5) is 16.9. The first-order chi connectivity index (χ1) is 14.4. The number of rotatable bonds is 3. The van der Waals surface area contributed by atoms with Crippen molar-refractivity contribution in [1.29, 1.82) is 0 Å². The summed E-state index contributed by atoms with van der Waals surface area (Å²) in [6, 6.07) is 15.4. The van der Waals surface area contributed by atoms with Crippen LogP contribution in [0.1, 0.15) is 5.56 Å². The highest BCUT2D eigenvalue weighted by Crippen LogP contribution is 2.38. The van der Waals surface area contributed by atoms with Gasteiger partial charge < -0.3 is 10.6 Å². The normalized spacial score (nSPS) is 10.8. The van der Waals surface area contributed by atoms with Crippen LogP contribution in [0.5, 0.6) is 0 Å². The second-order valence-electron chi connectivity index (χ2n) is 6.70. The molecule has 3 aromatic carbocycles. The fourth-order valence-corrected chi connectivity index (χ4v) is 3.52. The molecule has 150 valence electrons. The second kappa shape index (κ2) is 8.08. The highest BCUT2D eigenvalue weighted by Gasteiger charge is 2.17. The van der Waals surface area contributed by atoms with Crippen molar-refractivity contribution in [2.75, 3.05) is 10.6 Å². The number of amides is 2. The molecule has 0 radical (unpaired) electrons. The first-order valence-corrected chi connectivity index (χ1v) is 9.48. The van der Waals surface area contributed by atoms with Crippen LogP contribution < -0.4 is 10.6 Å². The van der Waals surface area contributed by atoms with E-state index in [0.717, 1.165) is 34.2 Å². The summed E-state index contributed by atoms with van der Waals surface area (Å²) >= 11 is 6.32. The van der Waals surface area contributed by atoms with Crippen molar-refractivity contribution in [3.63, 3.8) is 0 Å². The van der Waals surface area contributed by atoms with Crippen LogP contribution in [0.15, 0.2) is 66.9 Å². The Morgan fingerprint density at radius 2 is 1.73 bits per heavy atom. The van der Waals surface area contributed by atoms with E-state index < -0.39 is 17.7 Å². The maximum absolute atomic E-state index is 13.9. The largest absolute Gasteiger partial charge is 0.323 e. The Morgan fingerprint density at radius 3 is 2.50 bits per heavy atom. The molecule has 30 heavy (non-hydrogen) atoms. The van der Waals surface area contributed by atoms with Crippen LogP contribution in [-0.4, -0.2) is 11.0 Å². The van der Waals surface area contributed by atoms with E-state index in [9.17, 15) is 13.6 Å². The van der Waals surface area contributed by atoms with Gasteiger partial charge in [-0.3, -0.25) is 4.98 Å². The van der Waals surface area contributed by atoms with Crippen molar-refractivity contribution in [3.8, 4) is 11.1 Å². The molecule has 1 heterocycles. The molecule has 4 rings (SSSR count). The number of para-hydroxylation sites is 1. The highest BCUT2D eigenvalue weighted by atomic mass is 35.5. The third-order valence-electron chi connectivity index (χ3n) is 4.69. The molecule has 0 saturated heterocycles. The second-order valence-corrected chi connectivity index (χ2v) is 7.11. The molecule has 0 aliphatic rings. The van der Waals surface area contributed by atoms with Crippen LogP contribution in [0.25, 0.3) is 22.0 Å². The molecule has 0 saturated carbocycles. The summed E-state index contributed by atoms with van der Waals surface area (Å²) in [6.45, 7) is 1.96. The standard InChI is InChI=1S/C23H16ClF2N3O/c1-13-5-2-3-6-15(13)21-16-7-4-8-17(24)22(16)27-12-20(21)29-23(30)28-19-10-9-14(25)11-18(19)26/h2-12H,1H3,(H2,28,29,30). The number of carbonyl (C=O) groups excluding carboxylic acids is 1. The lowest BCUT2D eigenvalue weighted by molar-refractivity contribution is 0.262. The average Bonchev–Trinajstić information content (AvgIpc) is 2.71. The lowest BCUT2D eigenvalue weighted by Gasteiger charge is -2.16. The zero-order valence-electron chi connectivity index (χ0n) is 15.8. The van der Waals surface area contributed by atoms with Gasteiger partial charge in [0.2, 0.25) is 0 Å². The molecule has 4 nitrogen and oxygen atoms in total. The number of nitrogens with one attached hydrogen (secondary N) is 2. The Labute approximate surface area is 176 Å². The van der Waals surface area contributed by atoms with Gasteiger partial charge in [-0.2, -0.15) is 0 Å². The van der Waals surface area contributed by atoms with Crippen LogP contribution in [0.3, 0.4) is 0 Å². The Balaban J connectivity index is 1.78. The maximum atomic E-state index is 13.9. The van der Waals surface area contributed by atoms with E-state index in [1.54, 1.807) is 6.07 Å². The van der Waals surface area contributed by atoms with E-state index in [0.29, 0.717) is 22.3 Å². The van der Waals surface area contributed by atoms with Crippen LogP contribution >= 0.6 is 11.6 Å². The number of carbonyl (C=O) groups is 1. The monoisotopic (exact) mass is 423 g/mol. The SMILES string of the molecule is Cc1ccccc1-c1c(NC(=O)Nc2ccc(F)cc2F)cnc2c(Cl)cccc12. The molecule has 0 unspecified atom stereocenters. The Morgan fingerprint density at radius 1 is 0.967 bits per heavy atom. The number of benzene rings is 3. The Bertz CT molecular complexity index is 1280. The van der Waals surface area contributed by atoms with Gasteiger partial charge in [0.25, 0.3) is 0 Å². The van der Waals surface area contributed by atoms with Crippen molar-refractivity contribution in [2.45, 2.75) is 6.92 Å². The van der Waals surface area contributed by atoms with Gasteiger partial charge in [-0.25, -0.2) is 13.6 Å². The molecule has 0 aliphatic carbocycles. The molecule has 4 aromatic rings. The molecule has 0 aliphatic heterocycles. The third kappa shape index (κ3) is 3.82. The zero-order chi connectivity index (χ0) is 21.3. The maximum Gasteiger partial charge on any atom is 0.323 e. The van der Waals surface area contributed by atoms with E-state index in [2.05, 4.69) is 15.6 Å². The van der Waals surface area contributed by atoms with Crippen molar-refractivity contribution in [1.82, 2.24) is 4.98 Å². The van der Waals surface area contributed by atoms with Crippen LogP contribution in [0, 0.1) is 18.6 Å². The third-order valence-corrected chi connectivity index (χ3v) is 5.00. The van der Waals surface area contributed by atoms with Crippen molar-refractivity contribution in [2.24, 2.45) is 0 Å². The highest BCUT2D eigenvalue weighted by molar-refractivity contribution is 6.35. The summed E-state index contributed by atoms with van der Waals surface area (Å²) in [5.41, 5.74) is 3.54. The van der Waals surface area contributed by atoms with Crippen LogP contribution in [0.4, 0.5) is 25.0 Å². The van der Waals surface area contributed by atoms with E-state index in [1.807, 2.05) is 43.3 Å². The van der Waals surface area contributed by atoms with Crippen LogP contribution in [-0.2, 0) is 0 Å². The van der Waals surface area contributed by atoms with Crippen molar-refractivity contribution < 1.29 is 13.6 Å². The number of pyridine rings is 1. The minimum Gasteiger partial charge on any atom is -0.306 e. The van der Waals surface area contributed by atoms with E-state index in [-0.39, 0.29) is 5.69 Å². The van der Waals surface area contributed by atoms with E-state index in [4.69, 9.17) is 11.6 Å². The lowest BCUT2D eigenvalue weighted by Crippen LogP contribution is -2.21. The number of aromatic nitrogens is 1. The van der Waals surface area contributed by atoms with Gasteiger partial charge in [0.15, 0.2) is 0 Å². The molecule has 0 fully saturated rings. The van der Waals surface area contributed by atoms with Gasteiger partial charge in [0, 0.05) is 17.0 Å². The van der Waals surface area contributed by atoms with Crippen molar-refractivity contribution in [3.05, 3.63) is 89.1 Å². The number of hydrogen-bond acceptors (Lipinski definition) is 2. The van der Waals surface area contributed by atoms with Crippen molar-refractivity contribution >= 4 is 39.9 Å². The predicted octanol–water partition coefficient (Wildman–Crippen LogP) is 6.79. The Hall–Kier alpha value is -3.51. The van der Waals surface area contributed by atoms with Gasteiger partial charge in [-0.1, -0.05) is 48.0 Å². The molecule has 2 amide bonds. The number of fused-ring (bicyclic) bond motifs is 1. The molecule has 7 heteroatoms. The zero-order valence-corrected chi connectivity index (χ0v) is 16.6. The summed E-state index contributed by atoms with van der Waals surface area (Å²) in [5, 5.41) is 6.37.